The fraction of sp³-hybridized carbons (Fsp3) is 0.314. The highest BCUT2D eigenvalue weighted by Crippen LogP contribution is 2.57. The summed E-state index contributed by atoms with van der Waals surface area (Å²) in [7, 11) is 0. The summed E-state index contributed by atoms with van der Waals surface area (Å²) in [5, 5.41) is 0. The second-order valence-corrected chi connectivity index (χ2v) is 26.9. The molecule has 370 valence electrons. The minimum absolute atomic E-state index is 0.000886. The summed E-state index contributed by atoms with van der Waals surface area (Å²) in [6.45, 7) is 31.9. The quantitative estimate of drug-likeness (QED) is 0.154. The van der Waals surface area contributed by atoms with Crippen LogP contribution in [0.5, 0.6) is 0 Å². The minimum atomic E-state index is -0.0446. The van der Waals surface area contributed by atoms with Crippen molar-refractivity contribution in [2.45, 2.75) is 142 Å². The van der Waals surface area contributed by atoms with E-state index in [1.54, 1.807) is 0 Å². The maximum absolute atomic E-state index is 2.74. The number of hydrogen-bond acceptors (Lipinski definition) is 3. The van der Waals surface area contributed by atoms with E-state index in [1.165, 1.54) is 101 Å². The third-order valence-corrected chi connectivity index (χ3v) is 18.4. The minimum Gasteiger partial charge on any atom is -0.311 e. The molecule has 0 radical (unpaired) electrons. The van der Waals surface area contributed by atoms with E-state index in [0.29, 0.717) is 0 Å². The van der Waals surface area contributed by atoms with E-state index < -0.39 is 0 Å². The SMILES string of the molecule is Cc1cc2c(cc1N1c3cc4c(cc3B3c5cc(-c6ccccc6)ccc5N(c5ccc6c(c5)C(C)(C)CC6(C)C)c5cc(N(c6ccccc6)c6ccccc6)cc1c53)C(C)(C)CC4(C)C)C(C)(C)CC2(C)C. The van der Waals surface area contributed by atoms with Gasteiger partial charge in [0.2, 0.25) is 0 Å². The summed E-state index contributed by atoms with van der Waals surface area (Å²) >= 11 is 0. The van der Waals surface area contributed by atoms with E-state index in [4.69, 9.17) is 0 Å². The lowest BCUT2D eigenvalue weighted by Gasteiger charge is -2.46. The average molecular weight is 966 g/mol. The first-order chi connectivity index (χ1) is 35.0. The van der Waals surface area contributed by atoms with Crippen LogP contribution in [0.3, 0.4) is 0 Å². The molecular weight excluding hydrogens is 894 g/mol. The Morgan fingerprint density at radius 3 is 1.38 bits per heavy atom. The van der Waals surface area contributed by atoms with Crippen LogP contribution in [0, 0.1) is 6.92 Å². The van der Waals surface area contributed by atoms with E-state index in [-0.39, 0.29) is 39.2 Å². The summed E-state index contributed by atoms with van der Waals surface area (Å²) < 4.78 is 0. The van der Waals surface area contributed by atoms with Gasteiger partial charge in [-0.25, -0.2) is 0 Å². The van der Waals surface area contributed by atoms with Crippen molar-refractivity contribution in [2.24, 2.45) is 0 Å². The van der Waals surface area contributed by atoms with Crippen molar-refractivity contribution < 1.29 is 0 Å². The standard InChI is InChI=1S/C70H72BN3/c1-44-33-52-55(69(10,11)42-66(52,4)5)39-60(44)74-61-40-56-54(68(8,9)43-70(56,12)13)38-58(61)71-57-34-46(45-23-17-14-18-24-45)29-32-59(57)73(49-30-31-51-53(35-49)67(6,7)41-65(51,2)3)62-36-50(37-63(74)64(62)71)72(47-25-19-15-20-26-47)48-27-21-16-22-28-48/h14-40H,41-43H2,1-13H3. The van der Waals surface area contributed by atoms with Crippen molar-refractivity contribution in [3.8, 4) is 11.1 Å². The highest BCUT2D eigenvalue weighted by molar-refractivity contribution is 7.00. The molecule has 0 atom stereocenters. The molecule has 0 N–H and O–H groups in total. The molecule has 2 aliphatic heterocycles. The number of rotatable bonds is 6. The van der Waals surface area contributed by atoms with Gasteiger partial charge in [-0.1, -0.05) is 180 Å². The molecule has 8 aromatic carbocycles. The summed E-state index contributed by atoms with van der Waals surface area (Å²) in [5.41, 5.74) is 27.8. The Kier molecular flexibility index (Phi) is 9.93. The second kappa shape index (κ2) is 15.6. The molecule has 0 fully saturated rings. The largest absolute Gasteiger partial charge is 0.311 e. The van der Waals surface area contributed by atoms with Crippen molar-refractivity contribution in [1.82, 2.24) is 0 Å². The molecule has 0 saturated heterocycles. The lowest BCUT2D eigenvalue weighted by atomic mass is 9.33. The Balaban J connectivity index is 1.19. The highest BCUT2D eigenvalue weighted by atomic mass is 15.2. The maximum Gasteiger partial charge on any atom is 0.252 e. The van der Waals surface area contributed by atoms with Gasteiger partial charge >= 0.3 is 0 Å². The van der Waals surface area contributed by atoms with Crippen LogP contribution in [0.4, 0.5) is 51.2 Å². The van der Waals surface area contributed by atoms with Gasteiger partial charge in [0.05, 0.1) is 5.69 Å². The second-order valence-electron chi connectivity index (χ2n) is 26.9. The molecule has 4 heteroatoms. The van der Waals surface area contributed by atoms with E-state index in [0.717, 1.165) is 36.3 Å². The third-order valence-electron chi connectivity index (χ3n) is 18.4. The van der Waals surface area contributed by atoms with Crippen LogP contribution in [0.2, 0.25) is 0 Å². The molecule has 0 saturated carbocycles. The van der Waals surface area contributed by atoms with Crippen molar-refractivity contribution in [3.05, 3.63) is 203 Å². The van der Waals surface area contributed by atoms with Crippen molar-refractivity contribution in [2.75, 3.05) is 14.7 Å². The van der Waals surface area contributed by atoms with Gasteiger partial charge in [-0.2, -0.15) is 0 Å². The smallest absolute Gasteiger partial charge is 0.252 e. The summed E-state index contributed by atoms with van der Waals surface area (Å²) in [4.78, 5) is 7.87. The molecule has 5 aliphatic rings. The van der Waals surface area contributed by atoms with Gasteiger partial charge < -0.3 is 14.7 Å². The Hall–Kier alpha value is -6.78. The monoisotopic (exact) mass is 966 g/mol. The van der Waals surface area contributed by atoms with Gasteiger partial charge in [0.15, 0.2) is 0 Å². The Morgan fingerprint density at radius 2 is 0.811 bits per heavy atom. The van der Waals surface area contributed by atoms with Crippen molar-refractivity contribution in [3.63, 3.8) is 0 Å². The van der Waals surface area contributed by atoms with Crippen LogP contribution in [0.25, 0.3) is 11.1 Å². The Morgan fingerprint density at radius 1 is 0.351 bits per heavy atom. The van der Waals surface area contributed by atoms with Gasteiger partial charge in [0, 0.05) is 45.5 Å². The molecule has 8 aromatic rings. The van der Waals surface area contributed by atoms with Crippen LogP contribution < -0.4 is 31.1 Å². The van der Waals surface area contributed by atoms with Crippen molar-refractivity contribution >= 4 is 74.3 Å². The molecule has 2 heterocycles. The van der Waals surface area contributed by atoms with Crippen LogP contribution in [-0.4, -0.2) is 6.71 Å². The zero-order chi connectivity index (χ0) is 51.6. The van der Waals surface area contributed by atoms with Gasteiger partial charge in [0.25, 0.3) is 6.71 Å². The fourth-order valence-electron chi connectivity index (χ4n) is 16.0. The summed E-state index contributed by atoms with van der Waals surface area (Å²) in [6, 6.07) is 63.5. The molecule has 74 heavy (non-hydrogen) atoms. The predicted molar refractivity (Wildman–Crippen MR) is 317 cm³/mol. The topological polar surface area (TPSA) is 9.72 Å². The fourth-order valence-corrected chi connectivity index (χ4v) is 16.0. The van der Waals surface area contributed by atoms with E-state index in [9.17, 15) is 0 Å². The van der Waals surface area contributed by atoms with Gasteiger partial charge in [-0.05, 0) is 192 Å². The lowest BCUT2D eigenvalue weighted by molar-refractivity contribution is 0.402. The van der Waals surface area contributed by atoms with Crippen LogP contribution >= 0.6 is 0 Å². The molecule has 0 bridgehead atoms. The van der Waals surface area contributed by atoms with E-state index in [2.05, 4.69) is 269 Å². The van der Waals surface area contributed by atoms with E-state index in [1.807, 2.05) is 0 Å². The first-order valence-corrected chi connectivity index (χ1v) is 27.4. The number of nitrogens with zero attached hydrogens (tertiary/aromatic N) is 3. The number of fused-ring (bicyclic) bond motifs is 7. The summed E-state index contributed by atoms with van der Waals surface area (Å²) in [6.07, 6.45) is 3.33. The average Bonchev–Trinajstić information content (AvgIpc) is 3.79. The third kappa shape index (κ3) is 6.92. The molecule has 3 aliphatic carbocycles. The number of benzene rings is 8. The van der Waals surface area contributed by atoms with Gasteiger partial charge in [-0.15, -0.1) is 0 Å². The zero-order valence-electron chi connectivity index (χ0n) is 46.1. The molecule has 0 spiro atoms. The van der Waals surface area contributed by atoms with Crippen LogP contribution in [0.15, 0.2) is 164 Å². The normalized spacial score (nSPS) is 19.0. The highest BCUT2D eigenvalue weighted by Gasteiger charge is 2.50. The predicted octanol–water partition coefficient (Wildman–Crippen LogP) is 17.1. The molecule has 0 aromatic heterocycles. The summed E-state index contributed by atoms with van der Waals surface area (Å²) in [5.74, 6) is 0. The molecule has 0 amide bonds. The first kappa shape index (κ1) is 47.0. The van der Waals surface area contributed by atoms with Gasteiger partial charge in [0.1, 0.15) is 0 Å². The Bertz CT molecular complexity index is 3580. The number of hydrogen-bond donors (Lipinski definition) is 0. The van der Waals surface area contributed by atoms with Crippen LogP contribution in [-0.2, 0) is 32.5 Å². The Labute approximate surface area is 442 Å². The van der Waals surface area contributed by atoms with E-state index >= 15 is 0 Å². The van der Waals surface area contributed by atoms with Gasteiger partial charge in [-0.3, -0.25) is 0 Å². The lowest BCUT2D eigenvalue weighted by Crippen LogP contribution is -2.61. The molecule has 3 nitrogen and oxygen atoms in total. The number of aryl methyl sites for hydroxylation is 1. The zero-order valence-corrected chi connectivity index (χ0v) is 46.1. The van der Waals surface area contributed by atoms with Crippen LogP contribution in [0.1, 0.15) is 141 Å². The maximum atomic E-state index is 2.74. The first-order valence-electron chi connectivity index (χ1n) is 27.4. The number of para-hydroxylation sites is 2. The number of anilines is 9. The molecular formula is C70H72BN3. The molecule has 13 rings (SSSR count). The van der Waals surface area contributed by atoms with Crippen molar-refractivity contribution in [1.29, 1.82) is 0 Å². The molecule has 0 unspecified atom stereocenters.